The maximum absolute atomic E-state index is 13.5. The van der Waals surface area contributed by atoms with E-state index in [4.69, 9.17) is 24.6 Å². The van der Waals surface area contributed by atoms with E-state index < -0.39 is 23.8 Å². The Balaban J connectivity index is 0.00000187. The summed E-state index contributed by atoms with van der Waals surface area (Å²) in [6, 6.07) is 19.8. The third-order valence-corrected chi connectivity index (χ3v) is 11.9. The number of H-pyrrole nitrogens is 1. The zero-order valence-corrected chi connectivity index (χ0v) is 35.4. The molecule has 0 bridgehead atoms. The number of aromatic amines is 1. The highest BCUT2D eigenvalue weighted by molar-refractivity contribution is 6.50. The lowest BCUT2D eigenvalue weighted by Crippen LogP contribution is -2.52. The van der Waals surface area contributed by atoms with Crippen LogP contribution in [0.3, 0.4) is 0 Å². The van der Waals surface area contributed by atoms with Gasteiger partial charge in [-0.3, -0.25) is 49.1 Å². The number of anilines is 2. The van der Waals surface area contributed by atoms with Crippen molar-refractivity contribution in [1.82, 2.24) is 40.7 Å². The molecular formula is C46H48N10O9. The standard InChI is InChI=1S/C45H46N10O7.CH2O2/c56-36-15-14-35(41(58)50-36)55-26-31-28(44(55)61)10-7-13-33(31)48-25-37(57)46-16-5-6-22-62-23-21-53-17-19-54(20-18-53)45-49-34-12-4-2-9-29(34)40(51-45)39-38(42(59)52-43(39)60)30-24-47-32-11-3-1-8-27(30)32;2-1-3/h1-4,7-13,24,35,47-48H,5-6,14-23,25-26H2,(H,46,57)(H,50,56,58)(H,52,59,60);1H,(H,2,3). The van der Waals surface area contributed by atoms with E-state index in [1.807, 2.05) is 54.6 Å². The molecule has 19 heteroatoms. The van der Waals surface area contributed by atoms with Gasteiger partial charge >= 0.3 is 0 Å². The molecule has 0 saturated carbocycles. The second kappa shape index (κ2) is 19.9. The molecule has 2 aromatic heterocycles. The van der Waals surface area contributed by atoms with Crippen molar-refractivity contribution in [3.05, 3.63) is 95.3 Å². The molecule has 9 rings (SSSR count). The van der Waals surface area contributed by atoms with Crippen LogP contribution in [0.2, 0.25) is 0 Å². The number of carbonyl (C=O) groups is 7. The van der Waals surface area contributed by atoms with Crippen molar-refractivity contribution in [2.24, 2.45) is 0 Å². The van der Waals surface area contributed by atoms with Gasteiger partial charge in [-0.1, -0.05) is 42.5 Å². The maximum atomic E-state index is 13.5. The van der Waals surface area contributed by atoms with Crippen LogP contribution < -0.4 is 26.2 Å². The van der Waals surface area contributed by atoms with E-state index in [0.29, 0.717) is 77.8 Å². The summed E-state index contributed by atoms with van der Waals surface area (Å²) in [5.41, 5.74) is 5.03. The van der Waals surface area contributed by atoms with Gasteiger partial charge in [0.25, 0.3) is 24.2 Å². The molecular weight excluding hydrogens is 837 g/mol. The summed E-state index contributed by atoms with van der Waals surface area (Å²) in [4.78, 5) is 104. The van der Waals surface area contributed by atoms with Crippen molar-refractivity contribution in [1.29, 1.82) is 0 Å². The summed E-state index contributed by atoms with van der Waals surface area (Å²) in [5.74, 6) is -1.66. The lowest BCUT2D eigenvalue weighted by molar-refractivity contribution is -0.137. The summed E-state index contributed by atoms with van der Waals surface area (Å²) in [7, 11) is 0. The van der Waals surface area contributed by atoms with E-state index in [1.54, 1.807) is 18.3 Å². The van der Waals surface area contributed by atoms with Gasteiger partial charge in [0, 0.05) is 104 Å². The molecule has 4 aliphatic rings. The maximum Gasteiger partial charge on any atom is 0.290 e. The van der Waals surface area contributed by atoms with Crippen LogP contribution in [0, 0.1) is 0 Å². The van der Waals surface area contributed by atoms with E-state index in [0.717, 1.165) is 48.9 Å². The van der Waals surface area contributed by atoms with Gasteiger partial charge in [-0.05, 0) is 43.5 Å². The number of piperidine rings is 1. The number of nitrogens with one attached hydrogen (secondary N) is 5. The number of carbonyl (C=O) groups excluding carboxylic acids is 6. The second-order valence-electron chi connectivity index (χ2n) is 15.9. The minimum absolute atomic E-state index is 0.0317. The lowest BCUT2D eigenvalue weighted by Gasteiger charge is -2.34. The third-order valence-electron chi connectivity index (χ3n) is 11.9. The zero-order valence-electron chi connectivity index (χ0n) is 35.4. The number of hydrogen-bond donors (Lipinski definition) is 6. The van der Waals surface area contributed by atoms with Crippen molar-refractivity contribution >= 4 is 86.5 Å². The number of hydrogen-bond acceptors (Lipinski definition) is 13. The fraction of sp³-hybridized carbons (Fsp3) is 0.326. The predicted octanol–water partition coefficient (Wildman–Crippen LogP) is 2.29. The van der Waals surface area contributed by atoms with Crippen molar-refractivity contribution in [3.8, 4) is 0 Å². The highest BCUT2D eigenvalue weighted by atomic mass is 16.5. The molecule has 0 aliphatic carbocycles. The van der Waals surface area contributed by atoms with E-state index in [9.17, 15) is 28.8 Å². The molecule has 336 valence electrons. The van der Waals surface area contributed by atoms with Crippen LogP contribution >= 0.6 is 0 Å². The smallest absolute Gasteiger partial charge is 0.290 e. The molecule has 5 aromatic rings. The van der Waals surface area contributed by atoms with Crippen molar-refractivity contribution in [3.63, 3.8) is 0 Å². The highest BCUT2D eigenvalue weighted by Crippen LogP contribution is 2.37. The molecule has 2 saturated heterocycles. The van der Waals surface area contributed by atoms with Crippen molar-refractivity contribution in [2.75, 3.05) is 69.2 Å². The molecule has 6 N–H and O–H groups in total. The average molecular weight is 885 g/mol. The number of para-hydroxylation sites is 2. The van der Waals surface area contributed by atoms with Gasteiger partial charge in [0.2, 0.25) is 23.7 Å². The molecule has 4 aliphatic heterocycles. The Hall–Kier alpha value is -7.51. The van der Waals surface area contributed by atoms with Crippen LogP contribution in [-0.4, -0.2) is 137 Å². The van der Waals surface area contributed by atoms with E-state index in [-0.39, 0.29) is 55.7 Å². The van der Waals surface area contributed by atoms with Gasteiger partial charge in [0.1, 0.15) is 6.04 Å². The molecule has 2 fully saturated rings. The van der Waals surface area contributed by atoms with Crippen LogP contribution in [-0.2, 0) is 40.0 Å². The molecule has 3 aromatic carbocycles. The van der Waals surface area contributed by atoms with Gasteiger partial charge in [-0.25, -0.2) is 9.97 Å². The summed E-state index contributed by atoms with van der Waals surface area (Å²) < 4.78 is 5.93. The first kappa shape index (κ1) is 44.1. The Kier molecular flexibility index (Phi) is 13.5. The first-order valence-electron chi connectivity index (χ1n) is 21.5. The quantitative estimate of drug-likeness (QED) is 0.0502. The Morgan fingerprint density at radius 1 is 0.846 bits per heavy atom. The molecule has 0 radical (unpaired) electrons. The summed E-state index contributed by atoms with van der Waals surface area (Å²) in [6.45, 7) is 5.33. The lowest BCUT2D eigenvalue weighted by atomic mass is 9.97. The number of benzene rings is 3. The van der Waals surface area contributed by atoms with Gasteiger partial charge in [-0.2, -0.15) is 0 Å². The summed E-state index contributed by atoms with van der Waals surface area (Å²) in [5, 5.41) is 19.3. The highest BCUT2D eigenvalue weighted by Gasteiger charge is 2.40. The van der Waals surface area contributed by atoms with Crippen LogP contribution in [0.15, 0.2) is 72.9 Å². The number of fused-ring (bicyclic) bond motifs is 3. The van der Waals surface area contributed by atoms with Crippen LogP contribution in [0.4, 0.5) is 11.6 Å². The Morgan fingerprint density at radius 3 is 2.40 bits per heavy atom. The largest absolute Gasteiger partial charge is 0.483 e. The average Bonchev–Trinajstić information content (AvgIpc) is 3.98. The SMILES string of the molecule is O=C(CNc1cccc2c1CN(C1CCC(=O)NC1=O)C2=O)NCCCCOCCN1CCN(c2nc(C3=C(c4c[nH]c5ccccc45)C(=O)NC3=O)c3ccccc3n2)CC1.O=CO. The predicted molar refractivity (Wildman–Crippen MR) is 239 cm³/mol. The number of piperazine rings is 1. The summed E-state index contributed by atoms with van der Waals surface area (Å²) >= 11 is 0. The number of imide groups is 2. The Morgan fingerprint density at radius 2 is 1.60 bits per heavy atom. The number of carboxylic acid groups (broad SMARTS) is 1. The zero-order chi connectivity index (χ0) is 45.5. The number of rotatable bonds is 15. The van der Waals surface area contributed by atoms with E-state index >= 15 is 0 Å². The Labute approximate surface area is 372 Å². The molecule has 19 nitrogen and oxygen atoms in total. The van der Waals surface area contributed by atoms with E-state index in [1.165, 1.54) is 4.90 Å². The third kappa shape index (κ3) is 9.56. The molecule has 1 unspecified atom stereocenters. The van der Waals surface area contributed by atoms with Crippen LogP contribution in [0.5, 0.6) is 0 Å². The fourth-order valence-corrected chi connectivity index (χ4v) is 8.63. The molecule has 65 heavy (non-hydrogen) atoms. The van der Waals surface area contributed by atoms with Gasteiger partial charge in [0.15, 0.2) is 0 Å². The van der Waals surface area contributed by atoms with Gasteiger partial charge in [0.05, 0.1) is 35.5 Å². The fourth-order valence-electron chi connectivity index (χ4n) is 8.63. The Bertz CT molecular complexity index is 2710. The number of amides is 6. The minimum atomic E-state index is -0.702. The number of ether oxygens (including phenoxy) is 1. The molecule has 6 amide bonds. The van der Waals surface area contributed by atoms with Crippen LogP contribution in [0.25, 0.3) is 33.0 Å². The van der Waals surface area contributed by atoms with Gasteiger partial charge < -0.3 is 35.3 Å². The van der Waals surface area contributed by atoms with Gasteiger partial charge in [-0.15, -0.1) is 0 Å². The molecule has 0 spiro atoms. The summed E-state index contributed by atoms with van der Waals surface area (Å²) in [6.07, 6.45) is 3.77. The van der Waals surface area contributed by atoms with Crippen LogP contribution in [0.1, 0.15) is 52.9 Å². The van der Waals surface area contributed by atoms with Crippen molar-refractivity contribution < 1.29 is 43.4 Å². The normalized spacial score (nSPS) is 17.5. The first-order chi connectivity index (χ1) is 31.6. The number of nitrogens with zero attached hydrogens (tertiary/aromatic N) is 5. The number of aromatic nitrogens is 3. The molecule has 6 heterocycles. The van der Waals surface area contributed by atoms with E-state index in [2.05, 4.69) is 36.1 Å². The number of unbranched alkanes of at least 4 members (excludes halogenated alkanes) is 1. The molecule has 1 atom stereocenters. The first-order valence-corrected chi connectivity index (χ1v) is 21.5. The topological polar surface area (TPSA) is 248 Å². The minimum Gasteiger partial charge on any atom is -0.483 e. The van der Waals surface area contributed by atoms with Crippen molar-refractivity contribution in [2.45, 2.75) is 38.3 Å². The second-order valence-corrected chi connectivity index (χ2v) is 15.9. The monoisotopic (exact) mass is 884 g/mol.